The normalized spacial score (nSPS) is 24.4. The van der Waals surface area contributed by atoms with Crippen molar-refractivity contribution in [1.29, 1.82) is 0 Å². The second kappa shape index (κ2) is 7.13. The van der Waals surface area contributed by atoms with Crippen molar-refractivity contribution in [3.8, 4) is 0 Å². The maximum absolute atomic E-state index is 12.3. The van der Waals surface area contributed by atoms with Gasteiger partial charge in [0, 0.05) is 25.2 Å². The highest BCUT2D eigenvalue weighted by atomic mass is 16.6. The van der Waals surface area contributed by atoms with Crippen LogP contribution < -0.4 is 5.32 Å². The number of amides is 1. The SMILES string of the molecule is CC(C)COC(=O)N1CC(C(C)C)NCC1C(C)C. The molecule has 1 aliphatic rings. The molecule has 1 rings (SSSR count). The van der Waals surface area contributed by atoms with Crippen molar-refractivity contribution < 1.29 is 9.53 Å². The molecule has 0 aliphatic carbocycles. The Morgan fingerprint density at radius 3 is 2.32 bits per heavy atom. The van der Waals surface area contributed by atoms with Gasteiger partial charge in [0.25, 0.3) is 0 Å². The molecular formula is C15H30N2O2. The number of piperazine rings is 1. The zero-order chi connectivity index (χ0) is 14.6. The molecule has 19 heavy (non-hydrogen) atoms. The molecule has 2 unspecified atom stereocenters. The highest BCUT2D eigenvalue weighted by molar-refractivity contribution is 5.68. The van der Waals surface area contributed by atoms with Gasteiger partial charge in [-0.3, -0.25) is 0 Å². The third kappa shape index (κ3) is 4.68. The topological polar surface area (TPSA) is 41.6 Å². The Morgan fingerprint density at radius 2 is 1.84 bits per heavy atom. The summed E-state index contributed by atoms with van der Waals surface area (Å²) in [4.78, 5) is 14.2. The largest absolute Gasteiger partial charge is 0.449 e. The van der Waals surface area contributed by atoms with Gasteiger partial charge in [-0.05, 0) is 17.8 Å². The number of nitrogens with zero attached hydrogens (tertiary/aromatic N) is 1. The fourth-order valence-electron chi connectivity index (χ4n) is 2.37. The Balaban J connectivity index is 2.68. The third-order valence-corrected chi connectivity index (χ3v) is 3.73. The molecule has 0 spiro atoms. The van der Waals surface area contributed by atoms with Crippen molar-refractivity contribution in [3.63, 3.8) is 0 Å². The summed E-state index contributed by atoms with van der Waals surface area (Å²) in [6, 6.07) is 0.594. The zero-order valence-electron chi connectivity index (χ0n) is 13.3. The van der Waals surface area contributed by atoms with Gasteiger partial charge in [0.05, 0.1) is 6.61 Å². The van der Waals surface area contributed by atoms with E-state index < -0.39 is 0 Å². The molecule has 0 aromatic carbocycles. The molecule has 1 heterocycles. The van der Waals surface area contributed by atoms with Gasteiger partial charge in [-0.2, -0.15) is 0 Å². The Kier molecular flexibility index (Phi) is 6.11. The molecule has 0 saturated carbocycles. The molecule has 1 N–H and O–H groups in total. The summed E-state index contributed by atoms with van der Waals surface area (Å²) in [6.45, 7) is 14.9. The summed E-state index contributed by atoms with van der Waals surface area (Å²) >= 11 is 0. The van der Waals surface area contributed by atoms with Crippen LogP contribution in [0.4, 0.5) is 4.79 Å². The Labute approximate surface area is 117 Å². The van der Waals surface area contributed by atoms with Crippen LogP contribution in [0.3, 0.4) is 0 Å². The number of hydrogen-bond acceptors (Lipinski definition) is 3. The number of ether oxygens (including phenoxy) is 1. The maximum Gasteiger partial charge on any atom is 0.410 e. The maximum atomic E-state index is 12.3. The lowest BCUT2D eigenvalue weighted by atomic mass is 9.95. The molecule has 0 bridgehead atoms. The summed E-state index contributed by atoms with van der Waals surface area (Å²) in [5.74, 6) is 1.34. The van der Waals surface area contributed by atoms with Crippen LogP contribution in [0, 0.1) is 17.8 Å². The van der Waals surface area contributed by atoms with Crippen LogP contribution in [0.5, 0.6) is 0 Å². The van der Waals surface area contributed by atoms with Gasteiger partial charge < -0.3 is 15.0 Å². The van der Waals surface area contributed by atoms with E-state index in [1.54, 1.807) is 0 Å². The average Bonchev–Trinajstić information content (AvgIpc) is 2.34. The van der Waals surface area contributed by atoms with E-state index in [1.807, 2.05) is 4.90 Å². The second-order valence-electron chi connectivity index (χ2n) is 6.69. The van der Waals surface area contributed by atoms with Crippen molar-refractivity contribution in [2.24, 2.45) is 17.8 Å². The molecule has 4 nitrogen and oxygen atoms in total. The zero-order valence-corrected chi connectivity index (χ0v) is 13.3. The van der Waals surface area contributed by atoms with Gasteiger partial charge in [0.15, 0.2) is 0 Å². The lowest BCUT2D eigenvalue weighted by Crippen LogP contribution is -2.61. The summed E-state index contributed by atoms with van der Waals surface area (Å²) < 4.78 is 5.41. The minimum Gasteiger partial charge on any atom is -0.449 e. The summed E-state index contributed by atoms with van der Waals surface area (Å²) in [5, 5.41) is 3.55. The van der Waals surface area contributed by atoms with E-state index in [9.17, 15) is 4.79 Å². The van der Waals surface area contributed by atoms with E-state index in [0.717, 1.165) is 13.1 Å². The molecule has 1 fully saturated rings. The van der Waals surface area contributed by atoms with E-state index in [-0.39, 0.29) is 12.1 Å². The molecule has 4 heteroatoms. The van der Waals surface area contributed by atoms with E-state index in [1.165, 1.54) is 0 Å². The van der Waals surface area contributed by atoms with Gasteiger partial charge in [-0.15, -0.1) is 0 Å². The lowest BCUT2D eigenvalue weighted by molar-refractivity contribution is 0.0441. The number of hydrogen-bond donors (Lipinski definition) is 1. The molecule has 0 radical (unpaired) electrons. The second-order valence-corrected chi connectivity index (χ2v) is 6.69. The predicted molar refractivity (Wildman–Crippen MR) is 78.1 cm³/mol. The fourth-order valence-corrected chi connectivity index (χ4v) is 2.37. The summed E-state index contributed by atoms with van der Waals surface area (Å²) in [7, 11) is 0. The van der Waals surface area contributed by atoms with Gasteiger partial charge in [0.1, 0.15) is 0 Å². The monoisotopic (exact) mass is 270 g/mol. The third-order valence-electron chi connectivity index (χ3n) is 3.73. The van der Waals surface area contributed by atoms with Crippen molar-refractivity contribution >= 4 is 6.09 Å². The summed E-state index contributed by atoms with van der Waals surface area (Å²) in [5.41, 5.74) is 0. The lowest BCUT2D eigenvalue weighted by Gasteiger charge is -2.43. The first-order valence-corrected chi connectivity index (χ1v) is 7.49. The van der Waals surface area contributed by atoms with Crippen molar-refractivity contribution in [1.82, 2.24) is 10.2 Å². The first-order valence-electron chi connectivity index (χ1n) is 7.49. The van der Waals surface area contributed by atoms with Crippen molar-refractivity contribution in [3.05, 3.63) is 0 Å². The molecule has 1 saturated heterocycles. The standard InChI is InChI=1S/C15H30N2O2/c1-10(2)9-19-15(18)17-8-13(11(3)4)16-7-14(17)12(5)6/h10-14,16H,7-9H2,1-6H3. The van der Waals surface area contributed by atoms with Crippen LogP contribution in [0.15, 0.2) is 0 Å². The quantitative estimate of drug-likeness (QED) is 0.854. The Morgan fingerprint density at radius 1 is 1.21 bits per heavy atom. The Hall–Kier alpha value is -0.770. The summed E-state index contributed by atoms with van der Waals surface area (Å²) in [6.07, 6.45) is -0.153. The minimum atomic E-state index is -0.153. The number of nitrogens with one attached hydrogen (secondary N) is 1. The number of carbonyl (C=O) groups excluding carboxylic acids is 1. The van der Waals surface area contributed by atoms with E-state index >= 15 is 0 Å². The highest BCUT2D eigenvalue weighted by Gasteiger charge is 2.34. The Bertz CT molecular complexity index is 290. The molecule has 0 aromatic heterocycles. The van der Waals surface area contributed by atoms with Crippen LogP contribution in [0.1, 0.15) is 41.5 Å². The van der Waals surface area contributed by atoms with E-state index in [2.05, 4.69) is 46.9 Å². The molecule has 1 aliphatic heterocycles. The predicted octanol–water partition coefficient (Wildman–Crippen LogP) is 2.73. The van der Waals surface area contributed by atoms with Crippen LogP contribution in [0.2, 0.25) is 0 Å². The first kappa shape index (κ1) is 16.3. The van der Waals surface area contributed by atoms with Crippen LogP contribution in [-0.4, -0.2) is 42.8 Å². The number of rotatable bonds is 4. The number of carbonyl (C=O) groups is 1. The van der Waals surface area contributed by atoms with Gasteiger partial charge in [0.2, 0.25) is 0 Å². The van der Waals surface area contributed by atoms with Crippen molar-refractivity contribution in [2.45, 2.75) is 53.6 Å². The first-order chi connectivity index (χ1) is 8.82. The van der Waals surface area contributed by atoms with Crippen LogP contribution in [0.25, 0.3) is 0 Å². The fraction of sp³-hybridized carbons (Fsp3) is 0.933. The van der Waals surface area contributed by atoms with Crippen LogP contribution in [-0.2, 0) is 4.74 Å². The molecule has 2 atom stereocenters. The highest BCUT2D eigenvalue weighted by Crippen LogP contribution is 2.19. The molecule has 0 aromatic rings. The van der Waals surface area contributed by atoms with Crippen molar-refractivity contribution in [2.75, 3.05) is 19.7 Å². The average molecular weight is 270 g/mol. The molecule has 1 amide bonds. The molecular weight excluding hydrogens is 240 g/mol. The smallest absolute Gasteiger partial charge is 0.410 e. The minimum absolute atomic E-state index is 0.153. The van der Waals surface area contributed by atoms with Gasteiger partial charge in [-0.25, -0.2) is 4.79 Å². The van der Waals surface area contributed by atoms with Gasteiger partial charge >= 0.3 is 6.09 Å². The van der Waals surface area contributed by atoms with Crippen LogP contribution >= 0.6 is 0 Å². The van der Waals surface area contributed by atoms with Gasteiger partial charge in [-0.1, -0.05) is 41.5 Å². The van der Waals surface area contributed by atoms with E-state index in [4.69, 9.17) is 4.74 Å². The molecule has 112 valence electrons. The van der Waals surface area contributed by atoms with E-state index in [0.29, 0.717) is 30.4 Å².